The van der Waals surface area contributed by atoms with Gasteiger partial charge in [0.1, 0.15) is 11.8 Å². The van der Waals surface area contributed by atoms with Crippen molar-refractivity contribution in [2.24, 2.45) is 0 Å². The average Bonchev–Trinajstić information content (AvgIpc) is 2.82. The van der Waals surface area contributed by atoms with Crippen LogP contribution >= 0.6 is 0 Å². The van der Waals surface area contributed by atoms with E-state index in [1.165, 1.54) is 12.1 Å². The minimum atomic E-state index is -3.87. The van der Waals surface area contributed by atoms with Crippen molar-refractivity contribution >= 4 is 32.7 Å². The Bertz CT molecular complexity index is 1320. The molecule has 2 N–H and O–H groups in total. The molecule has 0 radical (unpaired) electrons. The Morgan fingerprint density at radius 1 is 1.06 bits per heavy atom. The molecule has 0 spiro atoms. The number of amides is 2. The van der Waals surface area contributed by atoms with E-state index in [-0.39, 0.29) is 18.7 Å². The Morgan fingerprint density at radius 3 is 2.42 bits per heavy atom. The lowest BCUT2D eigenvalue weighted by atomic mass is 10.0. The van der Waals surface area contributed by atoms with Crippen LogP contribution in [0.1, 0.15) is 15.9 Å². The molecule has 33 heavy (non-hydrogen) atoms. The van der Waals surface area contributed by atoms with E-state index in [0.717, 1.165) is 10.8 Å². The minimum Gasteiger partial charge on any atom is -0.379 e. The van der Waals surface area contributed by atoms with E-state index in [2.05, 4.69) is 23.1 Å². The van der Waals surface area contributed by atoms with Crippen LogP contribution in [-0.4, -0.2) is 32.8 Å². The van der Waals surface area contributed by atoms with E-state index < -0.39 is 28.0 Å². The summed E-state index contributed by atoms with van der Waals surface area (Å²) in [6, 6.07) is 18.2. The number of nitrogens with one attached hydrogen (secondary N) is 2. The van der Waals surface area contributed by atoms with Crippen molar-refractivity contribution < 1.29 is 22.2 Å². The van der Waals surface area contributed by atoms with E-state index in [1.54, 1.807) is 24.3 Å². The normalized spacial score (nSPS) is 11.7. The molecule has 0 aromatic heterocycles. The molecule has 0 saturated carbocycles. The topological polar surface area (TPSA) is 102 Å². The molecule has 3 aromatic carbocycles. The molecule has 0 saturated heterocycles. The van der Waals surface area contributed by atoms with Gasteiger partial charge in [-0.1, -0.05) is 55.0 Å². The smallest absolute Gasteiger partial charge is 0.331 e. The van der Waals surface area contributed by atoms with Gasteiger partial charge in [-0.25, -0.2) is 0 Å². The van der Waals surface area contributed by atoms with E-state index in [9.17, 15) is 18.0 Å². The largest absolute Gasteiger partial charge is 0.379 e. The summed E-state index contributed by atoms with van der Waals surface area (Å²) in [5.74, 6) is 1.60. The highest BCUT2D eigenvalue weighted by Gasteiger charge is 2.22. The third-order valence-corrected chi connectivity index (χ3v) is 5.61. The lowest BCUT2D eigenvalue weighted by Crippen LogP contribution is -2.48. The van der Waals surface area contributed by atoms with Gasteiger partial charge in [0, 0.05) is 12.0 Å². The molecular weight excluding hydrogens is 440 g/mol. The monoisotopic (exact) mass is 462 g/mol. The predicted octanol–water partition coefficient (Wildman–Crippen LogP) is 2.78. The van der Waals surface area contributed by atoms with E-state index >= 15 is 0 Å². The second kappa shape index (κ2) is 10.5. The number of hydrogen-bond acceptors (Lipinski definition) is 5. The molecule has 3 aromatic rings. The van der Waals surface area contributed by atoms with Gasteiger partial charge in [0.15, 0.2) is 0 Å². The Labute approximate surface area is 192 Å². The molecule has 7 nitrogen and oxygen atoms in total. The molecule has 0 fully saturated rings. The summed E-state index contributed by atoms with van der Waals surface area (Å²) < 4.78 is 27.9. The van der Waals surface area contributed by atoms with E-state index in [0.29, 0.717) is 16.5 Å². The summed E-state index contributed by atoms with van der Waals surface area (Å²) in [5.41, 5.74) is 1.10. The van der Waals surface area contributed by atoms with Crippen molar-refractivity contribution in [3.63, 3.8) is 0 Å². The number of benzene rings is 3. The van der Waals surface area contributed by atoms with Gasteiger partial charge in [0.2, 0.25) is 5.91 Å². The fourth-order valence-electron chi connectivity index (χ4n) is 3.13. The number of terminal acetylenes is 1. The predicted molar refractivity (Wildman–Crippen MR) is 127 cm³/mol. The summed E-state index contributed by atoms with van der Waals surface area (Å²) >= 11 is 0. The number of hydrogen-bond donors (Lipinski definition) is 2. The van der Waals surface area contributed by atoms with Gasteiger partial charge in [0.05, 0.1) is 12.0 Å². The highest BCUT2D eigenvalue weighted by atomic mass is 32.2. The number of fused-ring (bicyclic) bond motifs is 1. The second-order valence-electron chi connectivity index (χ2n) is 7.10. The summed E-state index contributed by atoms with van der Waals surface area (Å²) in [6.07, 6.45) is 5.39. The first-order valence-electron chi connectivity index (χ1n) is 9.98. The van der Waals surface area contributed by atoms with Crippen molar-refractivity contribution in [1.29, 1.82) is 0 Å². The lowest BCUT2D eigenvalue weighted by molar-refractivity contribution is -0.122. The maximum atomic E-state index is 12.9. The lowest BCUT2D eigenvalue weighted by Gasteiger charge is -2.18. The van der Waals surface area contributed by atoms with Crippen LogP contribution in [-0.2, 0) is 21.3 Å². The summed E-state index contributed by atoms with van der Waals surface area (Å²) in [5, 5.41) is 7.95. The SMILES string of the molecule is C#CCNC(=O)[C@H](Cc1ccc(OS(=O)(=O)C=C)cc1)NC(=O)c1ccc2ccccc2c1. The number of carbonyl (C=O) groups is 2. The van der Waals surface area contributed by atoms with Crippen molar-refractivity contribution in [3.8, 4) is 18.1 Å². The molecule has 8 heteroatoms. The fourth-order valence-corrected chi connectivity index (χ4v) is 3.58. The molecule has 168 valence electrons. The maximum Gasteiger partial charge on any atom is 0.331 e. The maximum absolute atomic E-state index is 12.9. The van der Waals surface area contributed by atoms with Crippen LogP contribution in [0.3, 0.4) is 0 Å². The second-order valence-corrected chi connectivity index (χ2v) is 8.59. The highest BCUT2D eigenvalue weighted by molar-refractivity contribution is 7.90. The minimum absolute atomic E-state index is 0.0212. The van der Waals surface area contributed by atoms with Crippen LogP contribution in [0.25, 0.3) is 10.8 Å². The zero-order valence-corrected chi connectivity index (χ0v) is 18.5. The van der Waals surface area contributed by atoms with Gasteiger partial charge in [-0.15, -0.1) is 6.42 Å². The standard InChI is InChI=1S/C25H22N2O5S/c1-3-15-26-25(29)23(16-18-9-13-22(14-10-18)32-33(30,31)4-2)27-24(28)21-12-11-19-7-5-6-8-20(19)17-21/h1,4-14,17,23H,2,15-16H2,(H,26,29)(H,27,28)/t23-/m0/s1. The molecule has 3 rings (SSSR count). The summed E-state index contributed by atoms with van der Waals surface area (Å²) in [7, 11) is -3.87. The van der Waals surface area contributed by atoms with Gasteiger partial charge in [-0.05, 0) is 40.6 Å². The van der Waals surface area contributed by atoms with Crippen LogP contribution < -0.4 is 14.8 Å². The third-order valence-electron chi connectivity index (χ3n) is 4.78. The molecule has 2 amide bonds. The van der Waals surface area contributed by atoms with Crippen LogP contribution in [0.4, 0.5) is 0 Å². The van der Waals surface area contributed by atoms with Crippen molar-refractivity contribution in [2.75, 3.05) is 6.54 Å². The van der Waals surface area contributed by atoms with Gasteiger partial charge in [0.25, 0.3) is 5.91 Å². The van der Waals surface area contributed by atoms with Gasteiger partial charge in [-0.2, -0.15) is 8.42 Å². The zero-order chi connectivity index (χ0) is 23.8. The molecule has 0 aliphatic heterocycles. The molecule has 0 heterocycles. The number of carbonyl (C=O) groups excluding carboxylic acids is 2. The summed E-state index contributed by atoms with van der Waals surface area (Å²) in [4.78, 5) is 25.5. The summed E-state index contributed by atoms with van der Waals surface area (Å²) in [6.45, 7) is 3.21. The molecule has 0 bridgehead atoms. The average molecular weight is 463 g/mol. The van der Waals surface area contributed by atoms with Crippen molar-refractivity contribution in [3.05, 3.63) is 89.8 Å². The van der Waals surface area contributed by atoms with Crippen molar-refractivity contribution in [2.45, 2.75) is 12.5 Å². The van der Waals surface area contributed by atoms with E-state index in [1.807, 2.05) is 30.3 Å². The Morgan fingerprint density at radius 2 is 1.76 bits per heavy atom. The fraction of sp³-hybridized carbons (Fsp3) is 0.120. The van der Waals surface area contributed by atoms with Gasteiger partial charge < -0.3 is 14.8 Å². The van der Waals surface area contributed by atoms with Crippen LogP contribution in [0.15, 0.2) is 78.7 Å². The van der Waals surface area contributed by atoms with Crippen LogP contribution in [0, 0.1) is 12.3 Å². The third kappa shape index (κ3) is 6.45. The molecule has 0 aliphatic carbocycles. The zero-order valence-electron chi connectivity index (χ0n) is 17.7. The van der Waals surface area contributed by atoms with Gasteiger partial charge >= 0.3 is 10.1 Å². The first-order chi connectivity index (χ1) is 15.8. The molecule has 1 atom stereocenters. The quantitative estimate of drug-likeness (QED) is 0.376. The Hall–Kier alpha value is -4.09. The Kier molecular flexibility index (Phi) is 7.49. The van der Waals surface area contributed by atoms with Crippen molar-refractivity contribution in [1.82, 2.24) is 10.6 Å². The number of rotatable bonds is 9. The van der Waals surface area contributed by atoms with Gasteiger partial charge in [-0.3, -0.25) is 9.59 Å². The first-order valence-corrected chi connectivity index (χ1v) is 11.4. The molecule has 0 aliphatic rings. The first kappa shape index (κ1) is 23.6. The van der Waals surface area contributed by atoms with E-state index in [4.69, 9.17) is 10.6 Å². The van der Waals surface area contributed by atoms with Crippen LogP contribution in [0.2, 0.25) is 0 Å². The highest BCUT2D eigenvalue weighted by Crippen LogP contribution is 2.18. The van der Waals surface area contributed by atoms with Crippen LogP contribution in [0.5, 0.6) is 5.75 Å². The molecule has 0 unspecified atom stereocenters. The Balaban J connectivity index is 1.77. The molecular formula is C25H22N2O5S.